The van der Waals surface area contributed by atoms with Gasteiger partial charge in [0, 0.05) is 6.54 Å². The van der Waals surface area contributed by atoms with E-state index in [0.29, 0.717) is 12.3 Å². The zero-order chi connectivity index (χ0) is 9.90. The van der Waals surface area contributed by atoms with Gasteiger partial charge in [-0.25, -0.2) is 4.39 Å². The standard InChI is InChI=1S/C10H21FN2/c1-10(11,8-12)7-9-3-5-13(2)6-4-9/h9H,3-8,12H2,1-2H3. The molecule has 0 spiro atoms. The molecular formula is C10H21FN2. The van der Waals surface area contributed by atoms with Crippen LogP contribution in [0, 0.1) is 5.92 Å². The summed E-state index contributed by atoms with van der Waals surface area (Å²) in [7, 11) is 2.12. The lowest BCUT2D eigenvalue weighted by Gasteiger charge is -2.32. The molecule has 1 aliphatic rings. The van der Waals surface area contributed by atoms with Crippen LogP contribution in [0.5, 0.6) is 0 Å². The highest BCUT2D eigenvalue weighted by Crippen LogP contribution is 2.27. The molecule has 1 unspecified atom stereocenters. The molecule has 0 aromatic heterocycles. The Labute approximate surface area is 80.3 Å². The van der Waals surface area contributed by atoms with Crippen LogP contribution < -0.4 is 5.73 Å². The monoisotopic (exact) mass is 188 g/mol. The third-order valence-corrected chi connectivity index (χ3v) is 2.98. The summed E-state index contributed by atoms with van der Waals surface area (Å²) in [6, 6.07) is 0. The average Bonchev–Trinajstić information content (AvgIpc) is 2.09. The van der Waals surface area contributed by atoms with Crippen molar-refractivity contribution in [1.29, 1.82) is 0 Å². The molecule has 1 fully saturated rings. The van der Waals surface area contributed by atoms with Crippen molar-refractivity contribution >= 4 is 0 Å². The highest BCUT2D eigenvalue weighted by atomic mass is 19.1. The molecule has 1 heterocycles. The lowest BCUT2D eigenvalue weighted by Crippen LogP contribution is -2.36. The predicted molar refractivity (Wildman–Crippen MR) is 53.4 cm³/mol. The lowest BCUT2D eigenvalue weighted by molar-refractivity contribution is 0.119. The van der Waals surface area contributed by atoms with Gasteiger partial charge in [-0.3, -0.25) is 0 Å². The molecule has 0 radical (unpaired) electrons. The first-order valence-corrected chi connectivity index (χ1v) is 5.11. The summed E-state index contributed by atoms with van der Waals surface area (Å²) in [5.74, 6) is 0.537. The molecule has 1 rings (SSSR count). The maximum Gasteiger partial charge on any atom is 0.120 e. The van der Waals surface area contributed by atoms with Crippen molar-refractivity contribution in [2.75, 3.05) is 26.7 Å². The van der Waals surface area contributed by atoms with Crippen molar-refractivity contribution in [3.63, 3.8) is 0 Å². The van der Waals surface area contributed by atoms with Crippen molar-refractivity contribution in [2.45, 2.75) is 31.9 Å². The zero-order valence-corrected chi connectivity index (χ0v) is 8.72. The van der Waals surface area contributed by atoms with Crippen LogP contribution in [-0.4, -0.2) is 37.3 Å². The van der Waals surface area contributed by atoms with E-state index in [4.69, 9.17) is 5.73 Å². The Morgan fingerprint density at radius 2 is 2.00 bits per heavy atom. The lowest BCUT2D eigenvalue weighted by atomic mass is 9.86. The van der Waals surface area contributed by atoms with Crippen molar-refractivity contribution in [3.8, 4) is 0 Å². The second-order valence-electron chi connectivity index (χ2n) is 4.57. The summed E-state index contributed by atoms with van der Waals surface area (Å²) < 4.78 is 13.6. The van der Waals surface area contributed by atoms with E-state index >= 15 is 0 Å². The molecule has 0 amide bonds. The van der Waals surface area contributed by atoms with Crippen LogP contribution in [0.4, 0.5) is 4.39 Å². The number of hydrogen-bond donors (Lipinski definition) is 1. The molecule has 2 nitrogen and oxygen atoms in total. The molecule has 0 bridgehead atoms. The molecular weight excluding hydrogens is 167 g/mol. The number of nitrogens with two attached hydrogens (primary N) is 1. The van der Waals surface area contributed by atoms with Crippen LogP contribution in [0.25, 0.3) is 0 Å². The van der Waals surface area contributed by atoms with Gasteiger partial charge in [-0.2, -0.15) is 0 Å². The number of halogens is 1. The average molecular weight is 188 g/mol. The van der Waals surface area contributed by atoms with E-state index in [1.54, 1.807) is 6.92 Å². The van der Waals surface area contributed by atoms with Gasteiger partial charge < -0.3 is 10.6 Å². The van der Waals surface area contributed by atoms with E-state index in [0.717, 1.165) is 25.9 Å². The van der Waals surface area contributed by atoms with Crippen molar-refractivity contribution < 1.29 is 4.39 Å². The molecule has 0 aromatic carbocycles. The predicted octanol–water partition coefficient (Wildman–Crippen LogP) is 1.41. The van der Waals surface area contributed by atoms with Crippen LogP contribution in [0.2, 0.25) is 0 Å². The number of nitrogens with zero attached hydrogens (tertiary/aromatic N) is 1. The smallest absolute Gasteiger partial charge is 0.120 e. The maximum absolute atomic E-state index is 13.6. The molecule has 1 atom stereocenters. The molecule has 3 heteroatoms. The summed E-state index contributed by atoms with van der Waals surface area (Å²) in [5.41, 5.74) is 4.21. The molecule has 2 N–H and O–H groups in total. The SMILES string of the molecule is CN1CCC(CC(C)(F)CN)CC1. The third kappa shape index (κ3) is 3.61. The van der Waals surface area contributed by atoms with Crippen LogP contribution in [-0.2, 0) is 0 Å². The van der Waals surface area contributed by atoms with Crippen molar-refractivity contribution in [3.05, 3.63) is 0 Å². The van der Waals surface area contributed by atoms with Crippen molar-refractivity contribution in [2.24, 2.45) is 11.7 Å². The minimum Gasteiger partial charge on any atom is -0.328 e. The summed E-state index contributed by atoms with van der Waals surface area (Å²) in [4.78, 5) is 2.30. The maximum atomic E-state index is 13.6. The van der Waals surface area contributed by atoms with Gasteiger partial charge in [0.1, 0.15) is 5.67 Å². The second kappa shape index (κ2) is 4.38. The normalized spacial score (nSPS) is 25.8. The molecule has 13 heavy (non-hydrogen) atoms. The molecule has 0 aromatic rings. The number of likely N-dealkylation sites (tertiary alicyclic amines) is 1. The Morgan fingerprint density at radius 1 is 1.46 bits per heavy atom. The molecule has 1 aliphatic heterocycles. The van der Waals surface area contributed by atoms with Crippen LogP contribution in [0.1, 0.15) is 26.2 Å². The summed E-state index contributed by atoms with van der Waals surface area (Å²) in [5, 5.41) is 0. The number of hydrogen-bond acceptors (Lipinski definition) is 2. The van der Waals surface area contributed by atoms with Gasteiger partial charge in [0.2, 0.25) is 0 Å². The summed E-state index contributed by atoms with van der Waals surface area (Å²) in [6.07, 6.45) is 2.88. The Hall–Kier alpha value is -0.150. The first-order chi connectivity index (χ1) is 6.03. The van der Waals surface area contributed by atoms with Gasteiger partial charge in [-0.1, -0.05) is 0 Å². The summed E-state index contributed by atoms with van der Waals surface area (Å²) in [6.45, 7) is 3.97. The molecule has 0 aliphatic carbocycles. The molecule has 0 saturated carbocycles. The number of piperidine rings is 1. The minimum absolute atomic E-state index is 0.152. The van der Waals surface area contributed by atoms with Crippen molar-refractivity contribution in [1.82, 2.24) is 4.90 Å². The summed E-state index contributed by atoms with van der Waals surface area (Å²) >= 11 is 0. The van der Waals surface area contributed by atoms with Gasteiger partial charge in [0.05, 0.1) is 0 Å². The fourth-order valence-corrected chi connectivity index (χ4v) is 1.95. The molecule has 78 valence electrons. The minimum atomic E-state index is -1.15. The topological polar surface area (TPSA) is 29.3 Å². The quantitative estimate of drug-likeness (QED) is 0.725. The van der Waals surface area contributed by atoms with Gasteiger partial charge in [0.15, 0.2) is 0 Å². The Kier molecular flexibility index (Phi) is 3.68. The second-order valence-corrected chi connectivity index (χ2v) is 4.57. The zero-order valence-electron chi connectivity index (χ0n) is 8.72. The fourth-order valence-electron chi connectivity index (χ4n) is 1.95. The van der Waals surface area contributed by atoms with Crippen LogP contribution >= 0.6 is 0 Å². The number of alkyl halides is 1. The Balaban J connectivity index is 2.30. The highest BCUT2D eigenvalue weighted by molar-refractivity contribution is 4.81. The van der Waals surface area contributed by atoms with E-state index < -0.39 is 5.67 Å². The van der Waals surface area contributed by atoms with Gasteiger partial charge >= 0.3 is 0 Å². The largest absolute Gasteiger partial charge is 0.328 e. The van der Waals surface area contributed by atoms with Gasteiger partial charge in [-0.05, 0) is 52.2 Å². The van der Waals surface area contributed by atoms with Crippen LogP contribution in [0.3, 0.4) is 0 Å². The first kappa shape index (κ1) is 10.9. The highest BCUT2D eigenvalue weighted by Gasteiger charge is 2.27. The van der Waals surface area contributed by atoms with E-state index in [9.17, 15) is 4.39 Å². The van der Waals surface area contributed by atoms with Crippen LogP contribution in [0.15, 0.2) is 0 Å². The number of rotatable bonds is 3. The third-order valence-electron chi connectivity index (χ3n) is 2.98. The Morgan fingerprint density at radius 3 is 2.46 bits per heavy atom. The van der Waals surface area contributed by atoms with E-state index in [1.165, 1.54) is 0 Å². The van der Waals surface area contributed by atoms with Gasteiger partial charge in [0.25, 0.3) is 0 Å². The van der Waals surface area contributed by atoms with Gasteiger partial charge in [-0.15, -0.1) is 0 Å². The van der Waals surface area contributed by atoms with E-state index in [-0.39, 0.29) is 6.54 Å². The Bertz CT molecular complexity index is 151. The first-order valence-electron chi connectivity index (χ1n) is 5.11. The molecule has 1 saturated heterocycles. The fraction of sp³-hybridized carbons (Fsp3) is 1.00. The van der Waals surface area contributed by atoms with E-state index in [2.05, 4.69) is 11.9 Å². The van der Waals surface area contributed by atoms with E-state index in [1.807, 2.05) is 0 Å².